The van der Waals surface area contributed by atoms with E-state index in [1.54, 1.807) is 7.05 Å². The van der Waals surface area contributed by atoms with Gasteiger partial charge in [-0.1, -0.05) is 42.5 Å². The van der Waals surface area contributed by atoms with Crippen molar-refractivity contribution >= 4 is 11.9 Å². The second-order valence-corrected chi connectivity index (χ2v) is 6.64. The average molecular weight is 383 g/mol. The van der Waals surface area contributed by atoms with E-state index in [-0.39, 0.29) is 12.0 Å². The lowest BCUT2D eigenvalue weighted by molar-refractivity contribution is -0.121. The van der Waals surface area contributed by atoms with Gasteiger partial charge in [-0.2, -0.15) is 0 Å². The van der Waals surface area contributed by atoms with Crippen molar-refractivity contribution in [2.45, 2.75) is 32.9 Å². The van der Waals surface area contributed by atoms with Gasteiger partial charge in [-0.3, -0.25) is 9.79 Å². The molecule has 1 amide bonds. The molecule has 2 rings (SSSR count). The highest BCUT2D eigenvalue weighted by atomic mass is 16.5. The molecule has 0 aromatic heterocycles. The van der Waals surface area contributed by atoms with Gasteiger partial charge in [-0.05, 0) is 37.1 Å². The zero-order valence-electron chi connectivity index (χ0n) is 16.9. The van der Waals surface area contributed by atoms with Gasteiger partial charge in [0, 0.05) is 26.6 Å². The standard InChI is InChI=1S/C22H30N4O2/c1-17-8-7-11-20(14-17)28-18(2)15-26-22(23-3)24-13-12-21(27)25-16-19-9-5-4-6-10-19/h4-11,14,18H,12-13,15-16H2,1-3H3,(H,25,27)(H2,23,24,26). The summed E-state index contributed by atoms with van der Waals surface area (Å²) in [6.07, 6.45) is 0.359. The van der Waals surface area contributed by atoms with E-state index in [0.717, 1.165) is 11.3 Å². The third kappa shape index (κ3) is 8.12. The van der Waals surface area contributed by atoms with E-state index in [4.69, 9.17) is 4.74 Å². The summed E-state index contributed by atoms with van der Waals surface area (Å²) in [5, 5.41) is 9.28. The first-order valence-electron chi connectivity index (χ1n) is 9.55. The van der Waals surface area contributed by atoms with E-state index in [9.17, 15) is 4.79 Å². The molecule has 0 aliphatic rings. The predicted molar refractivity (Wildman–Crippen MR) is 114 cm³/mol. The molecule has 0 saturated carbocycles. The van der Waals surface area contributed by atoms with E-state index in [1.165, 1.54) is 5.56 Å². The molecule has 0 bridgehead atoms. The van der Waals surface area contributed by atoms with Gasteiger partial charge >= 0.3 is 0 Å². The van der Waals surface area contributed by atoms with Crippen LogP contribution in [0.15, 0.2) is 59.6 Å². The van der Waals surface area contributed by atoms with E-state index >= 15 is 0 Å². The minimum atomic E-state index is -0.0190. The molecule has 2 aromatic carbocycles. The van der Waals surface area contributed by atoms with Gasteiger partial charge in [-0.15, -0.1) is 0 Å². The first-order chi connectivity index (χ1) is 13.6. The molecule has 0 aliphatic heterocycles. The summed E-state index contributed by atoms with van der Waals surface area (Å²) < 4.78 is 5.90. The maximum absolute atomic E-state index is 12.0. The Morgan fingerprint density at radius 1 is 1.07 bits per heavy atom. The molecule has 3 N–H and O–H groups in total. The smallest absolute Gasteiger partial charge is 0.222 e. The van der Waals surface area contributed by atoms with Crippen LogP contribution in [0.25, 0.3) is 0 Å². The summed E-state index contributed by atoms with van der Waals surface area (Å²) in [5.74, 6) is 1.51. The van der Waals surface area contributed by atoms with Gasteiger partial charge in [0.25, 0.3) is 0 Å². The Kier molecular flexibility index (Phi) is 8.85. The quantitative estimate of drug-likeness (QED) is 0.460. The van der Waals surface area contributed by atoms with Crippen LogP contribution in [0.5, 0.6) is 5.75 Å². The van der Waals surface area contributed by atoms with Crippen LogP contribution in [-0.2, 0) is 11.3 Å². The molecule has 1 atom stereocenters. The first-order valence-corrected chi connectivity index (χ1v) is 9.55. The van der Waals surface area contributed by atoms with Crippen molar-refractivity contribution in [2.75, 3.05) is 20.1 Å². The number of carbonyl (C=O) groups is 1. The second kappa shape index (κ2) is 11.6. The van der Waals surface area contributed by atoms with Crippen LogP contribution in [0, 0.1) is 6.92 Å². The lowest BCUT2D eigenvalue weighted by Crippen LogP contribution is -2.42. The van der Waals surface area contributed by atoms with Crippen molar-refractivity contribution in [3.05, 3.63) is 65.7 Å². The SMILES string of the molecule is CN=C(NCCC(=O)NCc1ccccc1)NCC(C)Oc1cccc(C)c1. The molecular weight excluding hydrogens is 352 g/mol. The fraction of sp³-hybridized carbons (Fsp3) is 0.364. The minimum absolute atomic E-state index is 0.00274. The van der Waals surface area contributed by atoms with Gasteiger partial charge in [0.1, 0.15) is 11.9 Å². The van der Waals surface area contributed by atoms with E-state index in [1.807, 2.05) is 68.4 Å². The normalized spacial score (nSPS) is 12.2. The third-order valence-electron chi connectivity index (χ3n) is 4.08. The molecule has 0 aliphatic carbocycles. The zero-order valence-corrected chi connectivity index (χ0v) is 16.9. The summed E-state index contributed by atoms with van der Waals surface area (Å²) in [6.45, 7) is 5.69. The number of nitrogens with zero attached hydrogens (tertiary/aromatic N) is 1. The number of rotatable bonds is 9. The molecule has 6 nitrogen and oxygen atoms in total. The molecule has 6 heteroatoms. The maximum Gasteiger partial charge on any atom is 0.222 e. The van der Waals surface area contributed by atoms with Gasteiger partial charge in [0.15, 0.2) is 5.96 Å². The second-order valence-electron chi connectivity index (χ2n) is 6.64. The van der Waals surface area contributed by atoms with Crippen LogP contribution in [0.1, 0.15) is 24.5 Å². The number of aliphatic imine (C=N–C) groups is 1. The van der Waals surface area contributed by atoms with Crippen LogP contribution < -0.4 is 20.7 Å². The fourth-order valence-corrected chi connectivity index (χ4v) is 2.60. The Morgan fingerprint density at radius 3 is 2.57 bits per heavy atom. The number of hydrogen-bond acceptors (Lipinski definition) is 3. The number of nitrogens with one attached hydrogen (secondary N) is 3. The van der Waals surface area contributed by atoms with Crippen molar-refractivity contribution < 1.29 is 9.53 Å². The Labute approximate surface area is 167 Å². The van der Waals surface area contributed by atoms with Gasteiger partial charge in [0.2, 0.25) is 5.91 Å². The predicted octanol–water partition coefficient (Wildman–Crippen LogP) is 2.63. The van der Waals surface area contributed by atoms with Crippen molar-refractivity contribution in [3.8, 4) is 5.75 Å². The summed E-state index contributed by atoms with van der Waals surface area (Å²) in [5.41, 5.74) is 2.25. The van der Waals surface area contributed by atoms with Gasteiger partial charge in [0.05, 0.1) is 6.54 Å². The molecule has 0 fully saturated rings. The molecule has 0 radical (unpaired) electrons. The van der Waals surface area contributed by atoms with Crippen molar-refractivity contribution in [3.63, 3.8) is 0 Å². The number of benzene rings is 2. The van der Waals surface area contributed by atoms with E-state index in [2.05, 4.69) is 20.9 Å². The van der Waals surface area contributed by atoms with Gasteiger partial charge in [-0.25, -0.2) is 0 Å². The van der Waals surface area contributed by atoms with E-state index < -0.39 is 0 Å². The largest absolute Gasteiger partial charge is 0.489 e. The molecule has 2 aromatic rings. The molecule has 150 valence electrons. The van der Waals surface area contributed by atoms with Crippen molar-refractivity contribution in [1.82, 2.24) is 16.0 Å². The van der Waals surface area contributed by atoms with Gasteiger partial charge < -0.3 is 20.7 Å². The summed E-state index contributed by atoms with van der Waals surface area (Å²) in [7, 11) is 1.71. The number of amides is 1. The topological polar surface area (TPSA) is 74.8 Å². The monoisotopic (exact) mass is 382 g/mol. The first kappa shape index (κ1) is 21.3. The lowest BCUT2D eigenvalue weighted by Gasteiger charge is -2.18. The van der Waals surface area contributed by atoms with Crippen LogP contribution in [-0.4, -0.2) is 38.1 Å². The molecular formula is C22H30N4O2. The highest BCUT2D eigenvalue weighted by molar-refractivity contribution is 5.81. The summed E-state index contributed by atoms with van der Waals surface area (Å²) in [6, 6.07) is 17.8. The number of ether oxygens (including phenoxy) is 1. The van der Waals surface area contributed by atoms with Crippen LogP contribution in [0.2, 0.25) is 0 Å². The Morgan fingerprint density at radius 2 is 1.86 bits per heavy atom. The van der Waals surface area contributed by atoms with E-state index in [0.29, 0.717) is 32.0 Å². The zero-order chi connectivity index (χ0) is 20.2. The van der Waals surface area contributed by atoms with Crippen LogP contribution >= 0.6 is 0 Å². The summed E-state index contributed by atoms with van der Waals surface area (Å²) >= 11 is 0. The molecule has 0 heterocycles. The number of aryl methyl sites for hydroxylation is 1. The minimum Gasteiger partial charge on any atom is -0.489 e. The Bertz CT molecular complexity index is 762. The van der Waals surface area contributed by atoms with Crippen LogP contribution in [0.4, 0.5) is 0 Å². The van der Waals surface area contributed by atoms with Crippen LogP contribution in [0.3, 0.4) is 0 Å². The molecule has 0 saturated heterocycles. The highest BCUT2D eigenvalue weighted by Gasteiger charge is 2.07. The highest BCUT2D eigenvalue weighted by Crippen LogP contribution is 2.13. The Balaban J connectivity index is 1.63. The molecule has 28 heavy (non-hydrogen) atoms. The number of guanidine groups is 1. The summed E-state index contributed by atoms with van der Waals surface area (Å²) in [4.78, 5) is 16.1. The third-order valence-corrected chi connectivity index (χ3v) is 4.08. The lowest BCUT2D eigenvalue weighted by atomic mass is 10.2. The maximum atomic E-state index is 12.0. The Hall–Kier alpha value is -3.02. The van der Waals surface area contributed by atoms with Crippen molar-refractivity contribution in [1.29, 1.82) is 0 Å². The molecule has 0 spiro atoms. The van der Waals surface area contributed by atoms with Crippen molar-refractivity contribution in [2.24, 2.45) is 4.99 Å². The average Bonchev–Trinajstić information content (AvgIpc) is 2.69. The number of hydrogen-bond donors (Lipinski definition) is 3. The number of carbonyl (C=O) groups excluding carboxylic acids is 1. The fourth-order valence-electron chi connectivity index (χ4n) is 2.60. The molecule has 1 unspecified atom stereocenters.